The van der Waals surface area contributed by atoms with Crippen molar-refractivity contribution in [3.8, 4) is 16.9 Å². The van der Waals surface area contributed by atoms with Gasteiger partial charge in [0.1, 0.15) is 5.82 Å². The number of fused-ring (bicyclic) bond motifs is 1. The summed E-state index contributed by atoms with van der Waals surface area (Å²) < 4.78 is 1.91. The monoisotopic (exact) mass is 377 g/mol. The van der Waals surface area contributed by atoms with Crippen molar-refractivity contribution >= 4 is 40.6 Å². The first kappa shape index (κ1) is 15.8. The van der Waals surface area contributed by atoms with Gasteiger partial charge in [0.25, 0.3) is 0 Å². The minimum Gasteiger partial charge on any atom is -0.369 e. The average molecular weight is 379 g/mol. The second kappa shape index (κ2) is 5.99. The summed E-state index contributed by atoms with van der Waals surface area (Å²) in [5, 5.41) is 10.0. The summed E-state index contributed by atoms with van der Waals surface area (Å²) in [5.41, 5.74) is 4.81. The Morgan fingerprint density at radius 3 is 2.62 bits per heavy atom. The lowest BCUT2D eigenvalue weighted by Gasteiger charge is -2.10. The SMILES string of the molecule is Cc1c(Cl)cccc1-n1nc(-c2cccc(Cl)c2Cl)c2c1NCC2. The predicted molar refractivity (Wildman–Crippen MR) is 101 cm³/mol. The van der Waals surface area contributed by atoms with Gasteiger partial charge in [0.15, 0.2) is 0 Å². The third kappa shape index (κ3) is 2.39. The molecule has 1 aliphatic rings. The average Bonchev–Trinajstić information content (AvgIpc) is 3.16. The van der Waals surface area contributed by atoms with Gasteiger partial charge in [-0.3, -0.25) is 0 Å². The van der Waals surface area contributed by atoms with Crippen LogP contribution < -0.4 is 5.32 Å². The Hall–Kier alpha value is -1.68. The van der Waals surface area contributed by atoms with Gasteiger partial charge in [0, 0.05) is 22.7 Å². The smallest absolute Gasteiger partial charge is 0.133 e. The van der Waals surface area contributed by atoms with E-state index in [4.69, 9.17) is 39.9 Å². The Kier molecular flexibility index (Phi) is 3.95. The van der Waals surface area contributed by atoms with Crippen LogP contribution in [0.4, 0.5) is 5.82 Å². The van der Waals surface area contributed by atoms with E-state index < -0.39 is 0 Å². The van der Waals surface area contributed by atoms with E-state index >= 15 is 0 Å². The van der Waals surface area contributed by atoms with Gasteiger partial charge in [-0.15, -0.1) is 0 Å². The molecule has 0 aliphatic carbocycles. The van der Waals surface area contributed by atoms with Crippen LogP contribution in [0.1, 0.15) is 11.1 Å². The molecule has 1 aromatic heterocycles. The number of anilines is 1. The van der Waals surface area contributed by atoms with Crippen molar-refractivity contribution in [2.75, 3.05) is 11.9 Å². The third-order valence-electron chi connectivity index (χ3n) is 4.32. The molecule has 0 unspecified atom stereocenters. The Morgan fingerprint density at radius 1 is 1.04 bits per heavy atom. The van der Waals surface area contributed by atoms with E-state index in [1.807, 2.05) is 41.9 Å². The summed E-state index contributed by atoms with van der Waals surface area (Å²) in [6.07, 6.45) is 0.896. The maximum Gasteiger partial charge on any atom is 0.133 e. The van der Waals surface area contributed by atoms with Gasteiger partial charge in [-0.2, -0.15) is 5.10 Å². The van der Waals surface area contributed by atoms with Gasteiger partial charge in [0.2, 0.25) is 0 Å². The summed E-state index contributed by atoms with van der Waals surface area (Å²) in [6, 6.07) is 11.4. The lowest BCUT2D eigenvalue weighted by atomic mass is 10.1. The van der Waals surface area contributed by atoms with Crippen LogP contribution >= 0.6 is 34.8 Å². The Morgan fingerprint density at radius 2 is 1.79 bits per heavy atom. The molecule has 1 N–H and O–H groups in total. The van der Waals surface area contributed by atoms with Crippen LogP contribution in [0, 0.1) is 6.92 Å². The summed E-state index contributed by atoms with van der Waals surface area (Å²) in [6.45, 7) is 2.87. The fraction of sp³-hybridized carbons (Fsp3) is 0.167. The molecule has 0 fully saturated rings. The quantitative estimate of drug-likeness (QED) is 0.613. The first-order chi connectivity index (χ1) is 11.6. The second-order valence-electron chi connectivity index (χ2n) is 5.75. The van der Waals surface area contributed by atoms with Crippen molar-refractivity contribution in [2.24, 2.45) is 0 Å². The zero-order chi connectivity index (χ0) is 16.8. The first-order valence-electron chi connectivity index (χ1n) is 7.63. The molecule has 2 aromatic carbocycles. The van der Waals surface area contributed by atoms with E-state index in [0.717, 1.165) is 51.9 Å². The maximum absolute atomic E-state index is 6.42. The van der Waals surface area contributed by atoms with Crippen LogP contribution in [-0.4, -0.2) is 16.3 Å². The second-order valence-corrected chi connectivity index (χ2v) is 6.94. The van der Waals surface area contributed by atoms with Crippen molar-refractivity contribution in [3.63, 3.8) is 0 Å². The highest BCUT2D eigenvalue weighted by molar-refractivity contribution is 6.43. The first-order valence-corrected chi connectivity index (χ1v) is 8.77. The van der Waals surface area contributed by atoms with Crippen LogP contribution in [0.2, 0.25) is 15.1 Å². The molecular weight excluding hydrogens is 365 g/mol. The number of halogens is 3. The number of hydrogen-bond acceptors (Lipinski definition) is 2. The molecule has 1 aliphatic heterocycles. The standard InChI is InChI=1S/C18H14Cl3N3/c1-10-13(19)5-3-7-15(10)24-18-12(8-9-22-18)17(23-24)11-4-2-6-14(20)16(11)21/h2-7,22H,8-9H2,1H3. The van der Waals surface area contributed by atoms with Crippen molar-refractivity contribution < 1.29 is 0 Å². The zero-order valence-corrected chi connectivity index (χ0v) is 15.2. The molecule has 0 saturated carbocycles. The number of benzene rings is 2. The Balaban J connectivity index is 1.96. The summed E-state index contributed by atoms with van der Waals surface area (Å²) in [5.74, 6) is 0.992. The lowest BCUT2D eigenvalue weighted by Crippen LogP contribution is -2.06. The molecule has 3 aromatic rings. The van der Waals surface area contributed by atoms with Crippen molar-refractivity contribution in [2.45, 2.75) is 13.3 Å². The number of nitrogens with one attached hydrogen (secondary N) is 1. The number of aromatic nitrogens is 2. The van der Waals surface area contributed by atoms with Gasteiger partial charge in [-0.25, -0.2) is 4.68 Å². The van der Waals surface area contributed by atoms with Gasteiger partial charge < -0.3 is 5.32 Å². The third-order valence-corrected chi connectivity index (χ3v) is 5.55. The molecule has 122 valence electrons. The van der Waals surface area contributed by atoms with E-state index in [1.54, 1.807) is 6.07 Å². The van der Waals surface area contributed by atoms with E-state index in [2.05, 4.69) is 5.32 Å². The normalized spacial score (nSPS) is 13.0. The molecule has 0 amide bonds. The minimum absolute atomic E-state index is 0.529. The molecule has 4 rings (SSSR count). The van der Waals surface area contributed by atoms with Crippen LogP contribution in [0.15, 0.2) is 36.4 Å². The van der Waals surface area contributed by atoms with Crippen LogP contribution in [0.5, 0.6) is 0 Å². The van der Waals surface area contributed by atoms with Crippen LogP contribution in [0.25, 0.3) is 16.9 Å². The summed E-state index contributed by atoms with van der Waals surface area (Å²) >= 11 is 18.9. The van der Waals surface area contributed by atoms with Gasteiger partial charge in [-0.05, 0) is 37.1 Å². The van der Waals surface area contributed by atoms with E-state index in [-0.39, 0.29) is 0 Å². The molecule has 3 nitrogen and oxygen atoms in total. The van der Waals surface area contributed by atoms with Crippen LogP contribution in [0.3, 0.4) is 0 Å². The fourth-order valence-electron chi connectivity index (χ4n) is 3.08. The number of nitrogens with zero attached hydrogens (tertiary/aromatic N) is 2. The van der Waals surface area contributed by atoms with Crippen LogP contribution in [-0.2, 0) is 6.42 Å². The molecule has 6 heteroatoms. The zero-order valence-electron chi connectivity index (χ0n) is 12.9. The van der Waals surface area contributed by atoms with E-state index in [9.17, 15) is 0 Å². The summed E-state index contributed by atoms with van der Waals surface area (Å²) in [7, 11) is 0. The fourth-order valence-corrected chi connectivity index (χ4v) is 3.64. The highest BCUT2D eigenvalue weighted by atomic mass is 35.5. The van der Waals surface area contributed by atoms with Crippen molar-refractivity contribution in [3.05, 3.63) is 62.6 Å². The molecule has 0 bridgehead atoms. The molecule has 0 atom stereocenters. The molecule has 24 heavy (non-hydrogen) atoms. The minimum atomic E-state index is 0.529. The number of rotatable bonds is 2. The summed E-state index contributed by atoms with van der Waals surface area (Å²) in [4.78, 5) is 0. The highest BCUT2D eigenvalue weighted by Crippen LogP contribution is 2.40. The largest absolute Gasteiger partial charge is 0.369 e. The molecule has 2 heterocycles. The van der Waals surface area contributed by atoms with Crippen molar-refractivity contribution in [1.29, 1.82) is 0 Å². The van der Waals surface area contributed by atoms with Crippen molar-refractivity contribution in [1.82, 2.24) is 9.78 Å². The van der Waals surface area contributed by atoms with Gasteiger partial charge >= 0.3 is 0 Å². The topological polar surface area (TPSA) is 29.9 Å². The van der Waals surface area contributed by atoms with Gasteiger partial charge in [0.05, 0.1) is 21.4 Å². The van der Waals surface area contributed by atoms with E-state index in [1.165, 1.54) is 0 Å². The van der Waals surface area contributed by atoms with E-state index in [0.29, 0.717) is 10.0 Å². The lowest BCUT2D eigenvalue weighted by molar-refractivity contribution is 0.875. The Bertz CT molecular complexity index is 873. The molecule has 0 saturated heterocycles. The molecular formula is C18H14Cl3N3. The maximum atomic E-state index is 6.42. The highest BCUT2D eigenvalue weighted by Gasteiger charge is 2.26. The van der Waals surface area contributed by atoms with Gasteiger partial charge in [-0.1, -0.05) is 53.0 Å². The number of hydrogen-bond donors (Lipinski definition) is 1. The molecule has 0 radical (unpaired) electrons. The predicted octanol–water partition coefficient (Wildman–Crippen LogP) is 5.78. The molecule has 0 spiro atoms. The Labute approximate surface area is 155 Å².